The number of halogens is 1. The molecule has 0 unspecified atom stereocenters. The van der Waals surface area contributed by atoms with Gasteiger partial charge in [0, 0.05) is 28.4 Å². The van der Waals surface area contributed by atoms with Crippen LogP contribution in [-0.2, 0) is 6.54 Å². The van der Waals surface area contributed by atoms with Gasteiger partial charge in [-0.1, -0.05) is 31.5 Å². The van der Waals surface area contributed by atoms with Gasteiger partial charge >= 0.3 is 0 Å². The summed E-state index contributed by atoms with van der Waals surface area (Å²) in [5, 5.41) is 4.04. The van der Waals surface area contributed by atoms with Gasteiger partial charge in [0.05, 0.1) is 0 Å². The van der Waals surface area contributed by atoms with Crippen molar-refractivity contribution in [3.05, 3.63) is 34.3 Å². The lowest BCUT2D eigenvalue weighted by molar-refractivity contribution is 0.100. The van der Waals surface area contributed by atoms with Crippen molar-refractivity contribution >= 4 is 29.3 Å². The van der Waals surface area contributed by atoms with Crippen molar-refractivity contribution in [3.63, 3.8) is 0 Å². The molecule has 5 heteroatoms. The summed E-state index contributed by atoms with van der Waals surface area (Å²) in [5.41, 5.74) is 6.66. The second-order valence-corrected chi connectivity index (χ2v) is 6.55. The van der Waals surface area contributed by atoms with Gasteiger partial charge in [0.2, 0.25) is 5.91 Å². The molecule has 0 aliphatic heterocycles. The van der Waals surface area contributed by atoms with Crippen molar-refractivity contribution in [1.82, 2.24) is 5.32 Å². The summed E-state index contributed by atoms with van der Waals surface area (Å²) in [4.78, 5) is 11.1. The SMILES string of the molecule is CCC(CC)(CNCc1ccc(C(N)=O)cc1Cl)SC. The molecule has 20 heavy (non-hydrogen) atoms. The molecule has 3 N–H and O–H groups in total. The molecule has 0 atom stereocenters. The van der Waals surface area contributed by atoms with Crippen LogP contribution >= 0.6 is 23.4 Å². The lowest BCUT2D eigenvalue weighted by Gasteiger charge is -2.30. The van der Waals surface area contributed by atoms with E-state index in [0.717, 1.165) is 24.9 Å². The second kappa shape index (κ2) is 7.91. The summed E-state index contributed by atoms with van der Waals surface area (Å²) in [7, 11) is 0. The smallest absolute Gasteiger partial charge is 0.248 e. The van der Waals surface area contributed by atoms with Gasteiger partial charge in [-0.2, -0.15) is 11.8 Å². The topological polar surface area (TPSA) is 55.1 Å². The van der Waals surface area contributed by atoms with Gasteiger partial charge < -0.3 is 11.1 Å². The fraction of sp³-hybridized carbons (Fsp3) is 0.533. The Labute approximate surface area is 130 Å². The molecule has 3 nitrogen and oxygen atoms in total. The minimum Gasteiger partial charge on any atom is -0.366 e. The molecule has 0 aliphatic carbocycles. The zero-order chi connectivity index (χ0) is 15.2. The van der Waals surface area contributed by atoms with Crippen LogP contribution in [0.3, 0.4) is 0 Å². The fourth-order valence-electron chi connectivity index (χ4n) is 2.13. The summed E-state index contributed by atoms with van der Waals surface area (Å²) in [5.74, 6) is -0.454. The number of nitrogens with two attached hydrogens (primary N) is 1. The van der Waals surface area contributed by atoms with E-state index in [1.54, 1.807) is 12.1 Å². The standard InChI is InChI=1S/C15H23ClN2OS/c1-4-15(5-2,20-3)10-18-9-12-7-6-11(14(17)19)8-13(12)16/h6-8,18H,4-5,9-10H2,1-3H3,(H2,17,19). The minimum absolute atomic E-state index is 0.277. The summed E-state index contributed by atoms with van der Waals surface area (Å²) < 4.78 is 0.277. The van der Waals surface area contributed by atoms with Crippen LogP contribution in [0.1, 0.15) is 42.6 Å². The average molecular weight is 315 g/mol. The highest BCUT2D eigenvalue weighted by Gasteiger charge is 2.24. The van der Waals surface area contributed by atoms with Crippen LogP contribution in [-0.4, -0.2) is 23.5 Å². The Morgan fingerprint density at radius 2 is 2.05 bits per heavy atom. The average Bonchev–Trinajstić information content (AvgIpc) is 2.45. The molecule has 0 radical (unpaired) electrons. The molecule has 1 aromatic rings. The largest absolute Gasteiger partial charge is 0.366 e. The normalized spacial score (nSPS) is 11.6. The lowest BCUT2D eigenvalue weighted by atomic mass is 10.0. The minimum atomic E-state index is -0.454. The molecule has 112 valence electrons. The van der Waals surface area contributed by atoms with Gasteiger partial charge in [0.1, 0.15) is 0 Å². The summed E-state index contributed by atoms with van der Waals surface area (Å²) >= 11 is 8.08. The van der Waals surface area contributed by atoms with E-state index in [1.165, 1.54) is 0 Å². The first kappa shape index (κ1) is 17.3. The maximum atomic E-state index is 11.1. The van der Waals surface area contributed by atoms with E-state index in [0.29, 0.717) is 17.1 Å². The highest BCUT2D eigenvalue weighted by atomic mass is 35.5. The highest BCUT2D eigenvalue weighted by molar-refractivity contribution is 8.00. The Morgan fingerprint density at radius 1 is 1.40 bits per heavy atom. The molecular weight excluding hydrogens is 292 g/mol. The fourth-order valence-corrected chi connectivity index (χ4v) is 3.20. The van der Waals surface area contributed by atoms with Crippen molar-refractivity contribution in [1.29, 1.82) is 0 Å². The molecular formula is C15H23ClN2OS. The number of hydrogen-bond acceptors (Lipinski definition) is 3. The van der Waals surface area contributed by atoms with Crippen LogP contribution in [0.5, 0.6) is 0 Å². The van der Waals surface area contributed by atoms with Crippen molar-refractivity contribution in [3.8, 4) is 0 Å². The van der Waals surface area contributed by atoms with E-state index >= 15 is 0 Å². The van der Waals surface area contributed by atoms with Crippen molar-refractivity contribution in [2.24, 2.45) is 5.73 Å². The first-order valence-electron chi connectivity index (χ1n) is 6.82. The number of thioether (sulfide) groups is 1. The lowest BCUT2D eigenvalue weighted by Crippen LogP contribution is -2.36. The zero-order valence-corrected chi connectivity index (χ0v) is 13.9. The molecule has 0 bridgehead atoms. The Morgan fingerprint density at radius 3 is 2.50 bits per heavy atom. The molecule has 1 rings (SSSR count). The van der Waals surface area contributed by atoms with E-state index in [9.17, 15) is 4.79 Å². The van der Waals surface area contributed by atoms with Gasteiger partial charge in [-0.3, -0.25) is 4.79 Å². The first-order chi connectivity index (χ1) is 9.48. The Bertz CT molecular complexity index is 453. The maximum absolute atomic E-state index is 11.1. The van der Waals surface area contributed by atoms with E-state index in [4.69, 9.17) is 17.3 Å². The molecule has 0 aliphatic rings. The van der Waals surface area contributed by atoms with Gasteiger partial charge in [-0.25, -0.2) is 0 Å². The molecule has 1 aromatic carbocycles. The summed E-state index contributed by atoms with van der Waals surface area (Å²) in [6.45, 7) is 6.07. The van der Waals surface area contributed by atoms with Gasteiger partial charge in [0.15, 0.2) is 0 Å². The van der Waals surface area contributed by atoms with Crippen LogP contribution < -0.4 is 11.1 Å². The third-order valence-electron chi connectivity index (χ3n) is 3.82. The predicted molar refractivity (Wildman–Crippen MR) is 88.5 cm³/mol. The predicted octanol–water partition coefficient (Wildman–Crippen LogP) is 3.45. The number of benzene rings is 1. The number of primary amides is 1. The van der Waals surface area contributed by atoms with E-state index in [-0.39, 0.29) is 4.75 Å². The molecule has 0 saturated carbocycles. The third kappa shape index (κ3) is 4.40. The van der Waals surface area contributed by atoms with Crippen LogP contribution in [0.4, 0.5) is 0 Å². The summed E-state index contributed by atoms with van der Waals surface area (Å²) in [6.07, 6.45) is 4.42. The quantitative estimate of drug-likeness (QED) is 0.772. The Kier molecular flexibility index (Phi) is 6.86. The molecule has 0 aromatic heterocycles. The highest BCUT2D eigenvalue weighted by Crippen LogP contribution is 2.29. The third-order valence-corrected chi connectivity index (χ3v) is 5.76. The number of carbonyl (C=O) groups excluding carboxylic acids is 1. The van der Waals surface area contributed by atoms with Crippen LogP contribution in [0.15, 0.2) is 18.2 Å². The van der Waals surface area contributed by atoms with E-state index in [2.05, 4.69) is 25.4 Å². The first-order valence-corrected chi connectivity index (χ1v) is 8.42. The van der Waals surface area contributed by atoms with Crippen LogP contribution in [0.2, 0.25) is 5.02 Å². The number of rotatable bonds is 8. The molecule has 0 spiro atoms. The molecule has 0 heterocycles. The Hall–Kier alpha value is -0.710. The number of nitrogens with one attached hydrogen (secondary N) is 1. The van der Waals surface area contributed by atoms with Gasteiger partial charge in [-0.05, 0) is 36.8 Å². The van der Waals surface area contributed by atoms with Crippen molar-refractivity contribution < 1.29 is 4.79 Å². The zero-order valence-electron chi connectivity index (χ0n) is 12.3. The number of carbonyl (C=O) groups is 1. The Balaban J connectivity index is 2.64. The van der Waals surface area contributed by atoms with Crippen molar-refractivity contribution in [2.75, 3.05) is 12.8 Å². The number of hydrogen-bond donors (Lipinski definition) is 2. The van der Waals surface area contributed by atoms with Gasteiger partial charge in [0.25, 0.3) is 0 Å². The molecule has 0 fully saturated rings. The monoisotopic (exact) mass is 314 g/mol. The molecule has 1 amide bonds. The van der Waals surface area contributed by atoms with Crippen molar-refractivity contribution in [2.45, 2.75) is 38.0 Å². The van der Waals surface area contributed by atoms with Crippen LogP contribution in [0, 0.1) is 0 Å². The van der Waals surface area contributed by atoms with Gasteiger partial charge in [-0.15, -0.1) is 0 Å². The summed E-state index contributed by atoms with van der Waals surface area (Å²) in [6, 6.07) is 5.20. The molecule has 0 saturated heterocycles. The second-order valence-electron chi connectivity index (χ2n) is 4.87. The van der Waals surface area contributed by atoms with E-state index in [1.807, 2.05) is 17.8 Å². The number of amides is 1. The maximum Gasteiger partial charge on any atom is 0.248 e. The van der Waals surface area contributed by atoms with E-state index < -0.39 is 5.91 Å². The van der Waals surface area contributed by atoms with Crippen LogP contribution in [0.25, 0.3) is 0 Å².